The van der Waals surface area contributed by atoms with Crippen molar-refractivity contribution in [3.05, 3.63) is 95.1 Å². The Morgan fingerprint density at radius 3 is 2.71 bits per heavy atom. The van der Waals surface area contributed by atoms with Crippen LogP contribution in [0.5, 0.6) is 5.75 Å². The molecule has 1 aliphatic rings. The molecule has 4 aromatic rings. The molecule has 1 aliphatic heterocycles. The first kappa shape index (κ1) is 21.6. The number of aliphatic hydroxyl groups excluding tert-OH is 1. The summed E-state index contributed by atoms with van der Waals surface area (Å²) >= 11 is 0. The number of ketones is 1. The maximum atomic E-state index is 13.1. The lowest BCUT2D eigenvalue weighted by Crippen LogP contribution is -2.31. The fourth-order valence-corrected chi connectivity index (χ4v) is 4.61. The highest BCUT2D eigenvalue weighted by Gasteiger charge is 2.47. The number of amides is 1. The molecule has 0 saturated carbocycles. The van der Waals surface area contributed by atoms with Gasteiger partial charge in [-0.1, -0.05) is 18.2 Å². The van der Waals surface area contributed by atoms with Gasteiger partial charge in [-0.05, 0) is 60.9 Å². The molecule has 172 valence electrons. The van der Waals surface area contributed by atoms with Gasteiger partial charge in [0.15, 0.2) is 0 Å². The van der Waals surface area contributed by atoms with E-state index in [1.165, 1.54) is 11.2 Å². The van der Waals surface area contributed by atoms with Gasteiger partial charge >= 0.3 is 0 Å². The van der Waals surface area contributed by atoms with E-state index in [1.54, 1.807) is 37.4 Å². The fourth-order valence-electron chi connectivity index (χ4n) is 4.61. The summed E-state index contributed by atoms with van der Waals surface area (Å²) < 4.78 is 10.9. The molecular weight excluding hydrogens is 432 g/mol. The number of para-hydroxylation sites is 1. The third-order valence-electron chi connectivity index (χ3n) is 6.32. The van der Waals surface area contributed by atoms with Gasteiger partial charge in [-0.3, -0.25) is 9.59 Å². The van der Waals surface area contributed by atoms with Crippen molar-refractivity contribution in [2.45, 2.75) is 19.4 Å². The standard InChI is InChI=1S/C27H24N2O5/c1-16-14-17(9-10-21(16)33-2)25(30)23-24(22-8-5-13-34-22)29(27(32)26(23)31)12-11-18-15-28-20-7-4-3-6-19(18)20/h3-10,13-15,24,28,30H,11-12H2,1-2H3/b25-23-. The molecular formula is C27H24N2O5. The minimum absolute atomic E-state index is 0.0171. The zero-order valence-corrected chi connectivity index (χ0v) is 18.9. The average molecular weight is 456 g/mol. The number of aromatic nitrogens is 1. The van der Waals surface area contributed by atoms with Crippen molar-refractivity contribution in [2.24, 2.45) is 0 Å². The van der Waals surface area contributed by atoms with Crippen LogP contribution in [0.25, 0.3) is 16.7 Å². The van der Waals surface area contributed by atoms with E-state index in [9.17, 15) is 14.7 Å². The second-order valence-electron chi connectivity index (χ2n) is 8.30. The van der Waals surface area contributed by atoms with Crippen LogP contribution in [-0.2, 0) is 16.0 Å². The Morgan fingerprint density at radius 1 is 1.15 bits per heavy atom. The number of aliphatic hydroxyl groups is 1. The van der Waals surface area contributed by atoms with Crippen molar-refractivity contribution in [3.8, 4) is 5.75 Å². The second kappa shape index (κ2) is 8.59. The molecule has 2 N–H and O–H groups in total. The Hall–Kier alpha value is -4.26. The number of Topliss-reactive ketones (excluding diaryl/α,β-unsaturated/α-hetero) is 1. The molecule has 0 radical (unpaired) electrons. The molecule has 2 aromatic carbocycles. The van der Waals surface area contributed by atoms with Gasteiger partial charge in [0.1, 0.15) is 23.3 Å². The summed E-state index contributed by atoms with van der Waals surface area (Å²) in [4.78, 5) is 31.0. The van der Waals surface area contributed by atoms with Crippen LogP contribution in [0, 0.1) is 6.92 Å². The Labute approximate surface area is 196 Å². The Kier molecular flexibility index (Phi) is 5.45. The van der Waals surface area contributed by atoms with Crippen molar-refractivity contribution in [1.29, 1.82) is 0 Å². The molecule has 0 aliphatic carbocycles. The number of aromatic amines is 1. The van der Waals surface area contributed by atoms with E-state index < -0.39 is 17.7 Å². The van der Waals surface area contributed by atoms with E-state index in [0.29, 0.717) is 23.5 Å². The largest absolute Gasteiger partial charge is 0.507 e. The number of methoxy groups -OCH3 is 1. The SMILES string of the molecule is COc1ccc(/C(O)=C2/C(=O)C(=O)N(CCc3c[nH]c4ccccc34)C2c2ccco2)cc1C. The third-order valence-corrected chi connectivity index (χ3v) is 6.32. The fraction of sp³-hybridized carbons (Fsp3) is 0.185. The van der Waals surface area contributed by atoms with Crippen molar-refractivity contribution >= 4 is 28.4 Å². The summed E-state index contributed by atoms with van der Waals surface area (Å²) in [6.45, 7) is 2.13. The predicted molar refractivity (Wildman–Crippen MR) is 127 cm³/mol. The quantitative estimate of drug-likeness (QED) is 0.248. The number of benzene rings is 2. The van der Waals surface area contributed by atoms with Crippen molar-refractivity contribution < 1.29 is 23.8 Å². The lowest BCUT2D eigenvalue weighted by atomic mass is 9.98. The lowest BCUT2D eigenvalue weighted by molar-refractivity contribution is -0.140. The van der Waals surface area contributed by atoms with Crippen LogP contribution in [0.2, 0.25) is 0 Å². The minimum Gasteiger partial charge on any atom is -0.507 e. The molecule has 1 unspecified atom stereocenters. The summed E-state index contributed by atoms with van der Waals surface area (Å²) in [6.07, 6.45) is 3.95. The minimum atomic E-state index is -0.817. The molecule has 3 heterocycles. The maximum Gasteiger partial charge on any atom is 0.295 e. The number of furan rings is 1. The number of likely N-dealkylation sites (tertiary alicyclic amines) is 1. The molecule has 1 amide bonds. The Bertz CT molecular complexity index is 1410. The van der Waals surface area contributed by atoms with Crippen LogP contribution >= 0.6 is 0 Å². The van der Waals surface area contributed by atoms with Crippen molar-refractivity contribution in [1.82, 2.24) is 9.88 Å². The number of hydrogen-bond donors (Lipinski definition) is 2. The zero-order chi connectivity index (χ0) is 23.8. The first-order chi connectivity index (χ1) is 16.5. The van der Waals surface area contributed by atoms with Gasteiger partial charge in [-0.15, -0.1) is 0 Å². The molecule has 1 fully saturated rings. The predicted octanol–water partition coefficient (Wildman–Crippen LogP) is 4.74. The molecule has 7 nitrogen and oxygen atoms in total. The molecule has 0 bridgehead atoms. The molecule has 34 heavy (non-hydrogen) atoms. The highest BCUT2D eigenvalue weighted by atomic mass is 16.5. The normalized spacial score (nSPS) is 17.6. The first-order valence-corrected chi connectivity index (χ1v) is 11.0. The number of hydrogen-bond acceptors (Lipinski definition) is 5. The number of carbonyl (C=O) groups is 2. The average Bonchev–Trinajstić information content (AvgIpc) is 3.57. The van der Waals surface area contributed by atoms with Crippen LogP contribution in [0.4, 0.5) is 0 Å². The summed E-state index contributed by atoms with van der Waals surface area (Å²) in [5.74, 6) is -0.539. The topological polar surface area (TPSA) is 95.8 Å². The number of H-pyrrole nitrogens is 1. The van der Waals surface area contributed by atoms with Gasteiger partial charge in [0.05, 0.1) is 18.9 Å². The third kappa shape index (κ3) is 3.55. The van der Waals surface area contributed by atoms with Gasteiger partial charge in [-0.2, -0.15) is 0 Å². The summed E-state index contributed by atoms with van der Waals surface area (Å²) in [5.41, 5.74) is 3.31. The number of carbonyl (C=O) groups excluding carboxylic acids is 2. The van der Waals surface area contributed by atoms with Crippen molar-refractivity contribution in [3.63, 3.8) is 0 Å². The van der Waals surface area contributed by atoms with Crippen LogP contribution in [0.1, 0.15) is 28.5 Å². The van der Waals surface area contributed by atoms with Crippen LogP contribution in [-0.4, -0.2) is 40.3 Å². The Morgan fingerprint density at radius 2 is 1.97 bits per heavy atom. The van der Waals surface area contributed by atoms with E-state index in [-0.39, 0.29) is 17.9 Å². The number of rotatable bonds is 6. The van der Waals surface area contributed by atoms with E-state index in [1.807, 2.05) is 37.4 Å². The van der Waals surface area contributed by atoms with Gasteiger partial charge in [0.25, 0.3) is 11.7 Å². The summed E-state index contributed by atoms with van der Waals surface area (Å²) in [5, 5.41) is 12.2. The van der Waals surface area contributed by atoms with Gasteiger partial charge in [0, 0.05) is 29.2 Å². The van der Waals surface area contributed by atoms with E-state index in [4.69, 9.17) is 9.15 Å². The molecule has 1 atom stereocenters. The van der Waals surface area contributed by atoms with Crippen LogP contribution in [0.15, 0.2) is 77.0 Å². The smallest absolute Gasteiger partial charge is 0.295 e. The van der Waals surface area contributed by atoms with Gasteiger partial charge in [-0.25, -0.2) is 0 Å². The molecule has 1 saturated heterocycles. The summed E-state index contributed by atoms with van der Waals surface area (Å²) in [6, 6.07) is 15.6. The first-order valence-electron chi connectivity index (χ1n) is 11.0. The van der Waals surface area contributed by atoms with E-state index in [2.05, 4.69) is 4.98 Å². The van der Waals surface area contributed by atoms with Gasteiger partial charge < -0.3 is 24.1 Å². The maximum absolute atomic E-state index is 13.1. The number of aryl methyl sites for hydroxylation is 1. The summed E-state index contributed by atoms with van der Waals surface area (Å²) in [7, 11) is 1.57. The Balaban J connectivity index is 1.54. The van der Waals surface area contributed by atoms with Gasteiger partial charge in [0.2, 0.25) is 0 Å². The van der Waals surface area contributed by atoms with E-state index >= 15 is 0 Å². The monoisotopic (exact) mass is 456 g/mol. The highest BCUT2D eigenvalue weighted by Crippen LogP contribution is 2.40. The molecule has 7 heteroatoms. The molecule has 2 aromatic heterocycles. The van der Waals surface area contributed by atoms with Crippen LogP contribution < -0.4 is 4.74 Å². The highest BCUT2D eigenvalue weighted by molar-refractivity contribution is 6.46. The number of ether oxygens (including phenoxy) is 1. The van der Waals surface area contributed by atoms with Crippen molar-refractivity contribution in [2.75, 3.05) is 13.7 Å². The van der Waals surface area contributed by atoms with Crippen LogP contribution in [0.3, 0.4) is 0 Å². The van der Waals surface area contributed by atoms with E-state index in [0.717, 1.165) is 22.0 Å². The number of nitrogens with one attached hydrogen (secondary N) is 1. The molecule has 0 spiro atoms. The second-order valence-corrected chi connectivity index (χ2v) is 8.30. The number of nitrogens with zero attached hydrogens (tertiary/aromatic N) is 1. The lowest BCUT2D eigenvalue weighted by Gasteiger charge is -2.23. The number of fused-ring (bicyclic) bond motifs is 1. The molecule has 5 rings (SSSR count). The zero-order valence-electron chi connectivity index (χ0n) is 18.9.